The number of ether oxygens (including phenoxy) is 1. The summed E-state index contributed by atoms with van der Waals surface area (Å²) in [5.41, 5.74) is 2.67. The molecule has 1 atom stereocenters. The van der Waals surface area contributed by atoms with Crippen molar-refractivity contribution in [3.05, 3.63) is 41.2 Å². The lowest BCUT2D eigenvalue weighted by molar-refractivity contribution is 0.189. The van der Waals surface area contributed by atoms with Gasteiger partial charge in [0.25, 0.3) is 0 Å². The molecule has 1 aromatic rings. The van der Waals surface area contributed by atoms with Gasteiger partial charge >= 0.3 is 0 Å². The Morgan fingerprint density at radius 3 is 2.45 bits per heavy atom. The van der Waals surface area contributed by atoms with Crippen molar-refractivity contribution >= 4 is 0 Å². The molecule has 2 aliphatic carbocycles. The van der Waals surface area contributed by atoms with Crippen LogP contribution in [0, 0.1) is 23.6 Å². The molecule has 0 saturated heterocycles. The Bertz CT molecular complexity index is 642. The van der Waals surface area contributed by atoms with Crippen LogP contribution < -0.4 is 4.74 Å². The molecule has 162 valence electrons. The maximum Gasteiger partial charge on any atom is 0.165 e. The van der Waals surface area contributed by atoms with E-state index in [1.54, 1.807) is 11.6 Å². The van der Waals surface area contributed by atoms with Gasteiger partial charge in [-0.05, 0) is 86.8 Å². The number of allylic oxidation sites excluding steroid dienone is 2. The SMILES string of the molecule is CCCCCOc1ccc(CCC2=CCC(C3CCC(CC)CC3)CC2)cc1F. The molecule has 0 bridgehead atoms. The first kappa shape index (κ1) is 22.4. The zero-order valence-electron chi connectivity index (χ0n) is 18.7. The van der Waals surface area contributed by atoms with Gasteiger partial charge in [-0.3, -0.25) is 0 Å². The standard InChI is InChI=1S/C27H41FO/c1-3-5-6-19-29-27-18-13-23(20-26(27)28)8-7-22-11-16-25(17-12-22)24-14-9-21(4-2)10-15-24/h11,13,18,20-21,24-25H,3-10,12,14-17,19H2,1-2H3. The summed E-state index contributed by atoms with van der Waals surface area (Å²) < 4.78 is 19.9. The zero-order chi connectivity index (χ0) is 20.5. The lowest BCUT2D eigenvalue weighted by Crippen LogP contribution is -2.23. The van der Waals surface area contributed by atoms with Crippen molar-refractivity contribution in [2.24, 2.45) is 17.8 Å². The third kappa shape index (κ3) is 6.86. The van der Waals surface area contributed by atoms with Gasteiger partial charge < -0.3 is 4.74 Å². The van der Waals surface area contributed by atoms with Crippen LogP contribution in [0.15, 0.2) is 29.8 Å². The minimum absolute atomic E-state index is 0.209. The smallest absolute Gasteiger partial charge is 0.165 e. The highest BCUT2D eigenvalue weighted by atomic mass is 19.1. The van der Waals surface area contributed by atoms with Crippen molar-refractivity contribution in [1.29, 1.82) is 0 Å². The van der Waals surface area contributed by atoms with E-state index in [1.165, 1.54) is 51.4 Å². The number of rotatable bonds is 10. The van der Waals surface area contributed by atoms with Gasteiger partial charge in [0.2, 0.25) is 0 Å². The van der Waals surface area contributed by atoms with E-state index in [1.807, 2.05) is 12.1 Å². The van der Waals surface area contributed by atoms with Crippen LogP contribution in [0.2, 0.25) is 0 Å². The molecule has 2 heteroatoms. The molecular formula is C27H41FO. The van der Waals surface area contributed by atoms with E-state index in [4.69, 9.17) is 4.74 Å². The van der Waals surface area contributed by atoms with Crippen molar-refractivity contribution < 1.29 is 9.13 Å². The number of hydrogen-bond acceptors (Lipinski definition) is 1. The van der Waals surface area contributed by atoms with Crippen LogP contribution in [-0.2, 0) is 6.42 Å². The van der Waals surface area contributed by atoms with Gasteiger partial charge in [-0.1, -0.05) is 63.7 Å². The predicted molar refractivity (Wildman–Crippen MR) is 121 cm³/mol. The van der Waals surface area contributed by atoms with Crippen LogP contribution in [-0.4, -0.2) is 6.61 Å². The number of unbranched alkanes of at least 4 members (excludes halogenated alkanes) is 2. The third-order valence-corrected chi connectivity index (χ3v) is 7.42. The van der Waals surface area contributed by atoms with Gasteiger partial charge in [-0.15, -0.1) is 0 Å². The highest BCUT2D eigenvalue weighted by Crippen LogP contribution is 2.40. The first-order valence-electron chi connectivity index (χ1n) is 12.3. The number of benzene rings is 1. The minimum Gasteiger partial charge on any atom is -0.491 e. The van der Waals surface area contributed by atoms with Crippen molar-refractivity contribution in [2.45, 2.75) is 97.3 Å². The maximum atomic E-state index is 14.3. The molecule has 1 fully saturated rings. The molecule has 0 radical (unpaired) electrons. The van der Waals surface area contributed by atoms with E-state index in [0.29, 0.717) is 12.4 Å². The van der Waals surface area contributed by atoms with E-state index in [-0.39, 0.29) is 5.82 Å². The highest BCUT2D eigenvalue weighted by Gasteiger charge is 2.27. The largest absolute Gasteiger partial charge is 0.491 e. The van der Waals surface area contributed by atoms with Gasteiger partial charge in [0, 0.05) is 0 Å². The molecule has 0 aromatic heterocycles. The van der Waals surface area contributed by atoms with Crippen molar-refractivity contribution in [1.82, 2.24) is 0 Å². The molecule has 0 amide bonds. The molecule has 1 nitrogen and oxygen atoms in total. The third-order valence-electron chi connectivity index (χ3n) is 7.42. The number of hydrogen-bond donors (Lipinski definition) is 0. The molecule has 0 spiro atoms. The molecule has 29 heavy (non-hydrogen) atoms. The van der Waals surface area contributed by atoms with Crippen LogP contribution in [0.5, 0.6) is 5.75 Å². The predicted octanol–water partition coefficient (Wildman–Crippen LogP) is 8.27. The van der Waals surface area contributed by atoms with Gasteiger partial charge in [0.1, 0.15) is 0 Å². The van der Waals surface area contributed by atoms with Crippen LogP contribution in [0.4, 0.5) is 4.39 Å². The summed E-state index contributed by atoms with van der Waals surface area (Å²) >= 11 is 0. The van der Waals surface area contributed by atoms with E-state index in [2.05, 4.69) is 19.9 Å². The Hall–Kier alpha value is -1.31. The molecule has 1 unspecified atom stereocenters. The van der Waals surface area contributed by atoms with Crippen LogP contribution in [0.1, 0.15) is 96.5 Å². The van der Waals surface area contributed by atoms with Gasteiger partial charge in [0.05, 0.1) is 6.61 Å². The molecule has 1 aromatic carbocycles. The second kappa shape index (κ2) is 11.8. The van der Waals surface area contributed by atoms with E-state index >= 15 is 0 Å². The second-order valence-corrected chi connectivity index (χ2v) is 9.41. The molecule has 3 rings (SSSR count). The normalized spacial score (nSPS) is 24.9. The van der Waals surface area contributed by atoms with Crippen LogP contribution in [0.25, 0.3) is 0 Å². The van der Waals surface area contributed by atoms with Crippen molar-refractivity contribution in [2.75, 3.05) is 6.61 Å². The summed E-state index contributed by atoms with van der Waals surface area (Å²) in [6, 6.07) is 5.53. The fourth-order valence-corrected chi connectivity index (χ4v) is 5.29. The molecule has 0 aliphatic heterocycles. The summed E-state index contributed by atoms with van der Waals surface area (Å²) in [5.74, 6) is 3.07. The Morgan fingerprint density at radius 1 is 0.966 bits per heavy atom. The summed E-state index contributed by atoms with van der Waals surface area (Å²) in [5, 5.41) is 0. The van der Waals surface area contributed by atoms with Gasteiger partial charge in [-0.25, -0.2) is 4.39 Å². The lowest BCUT2D eigenvalue weighted by Gasteiger charge is -2.35. The second-order valence-electron chi connectivity index (χ2n) is 9.41. The summed E-state index contributed by atoms with van der Waals surface area (Å²) in [4.78, 5) is 0. The van der Waals surface area contributed by atoms with Crippen molar-refractivity contribution in [3.63, 3.8) is 0 Å². The van der Waals surface area contributed by atoms with Gasteiger partial charge in [0.15, 0.2) is 11.6 Å². The molecule has 1 saturated carbocycles. The van der Waals surface area contributed by atoms with E-state index in [0.717, 1.165) is 55.4 Å². The Kier molecular flexibility index (Phi) is 9.08. The average Bonchev–Trinajstić information content (AvgIpc) is 2.77. The molecule has 0 N–H and O–H groups in total. The fraction of sp³-hybridized carbons (Fsp3) is 0.704. The Balaban J connectivity index is 1.41. The zero-order valence-corrected chi connectivity index (χ0v) is 18.7. The molecule has 2 aliphatic rings. The average molecular weight is 401 g/mol. The minimum atomic E-state index is -0.209. The Morgan fingerprint density at radius 2 is 1.79 bits per heavy atom. The topological polar surface area (TPSA) is 9.23 Å². The van der Waals surface area contributed by atoms with Crippen molar-refractivity contribution in [3.8, 4) is 5.75 Å². The Labute approximate surface area is 178 Å². The van der Waals surface area contributed by atoms with Gasteiger partial charge in [-0.2, -0.15) is 0 Å². The van der Waals surface area contributed by atoms with Crippen LogP contribution in [0.3, 0.4) is 0 Å². The monoisotopic (exact) mass is 400 g/mol. The first-order valence-corrected chi connectivity index (χ1v) is 12.3. The molecular weight excluding hydrogens is 359 g/mol. The number of aryl methyl sites for hydroxylation is 1. The van der Waals surface area contributed by atoms with Crippen LogP contribution >= 0.6 is 0 Å². The summed E-state index contributed by atoms with van der Waals surface area (Å²) in [6.07, 6.45) is 18.9. The quantitative estimate of drug-likeness (QED) is 0.284. The van der Waals surface area contributed by atoms with E-state index < -0.39 is 0 Å². The molecule has 0 heterocycles. The highest BCUT2D eigenvalue weighted by molar-refractivity contribution is 5.30. The number of halogens is 1. The maximum absolute atomic E-state index is 14.3. The summed E-state index contributed by atoms with van der Waals surface area (Å²) in [6.45, 7) is 5.12. The first-order chi connectivity index (χ1) is 14.2. The lowest BCUT2D eigenvalue weighted by atomic mass is 9.71. The van der Waals surface area contributed by atoms with E-state index in [9.17, 15) is 4.39 Å². The fourth-order valence-electron chi connectivity index (χ4n) is 5.29. The summed E-state index contributed by atoms with van der Waals surface area (Å²) in [7, 11) is 0.